The van der Waals surface area contributed by atoms with Crippen molar-refractivity contribution in [3.05, 3.63) is 24.0 Å². The number of pyridine rings is 1. The van der Waals surface area contributed by atoms with Gasteiger partial charge in [0.1, 0.15) is 0 Å². The summed E-state index contributed by atoms with van der Waals surface area (Å²) in [6, 6.07) is 4.17. The lowest BCUT2D eigenvalue weighted by Crippen LogP contribution is -2.37. The van der Waals surface area contributed by atoms with Crippen LogP contribution in [0.4, 0.5) is 5.69 Å². The van der Waals surface area contributed by atoms with Gasteiger partial charge in [-0.05, 0) is 30.9 Å². The molecule has 1 N–H and O–H groups in total. The lowest BCUT2D eigenvalue weighted by Gasteiger charge is -2.33. The Labute approximate surface area is 114 Å². The van der Waals surface area contributed by atoms with Gasteiger partial charge in [-0.3, -0.25) is 0 Å². The zero-order valence-electron chi connectivity index (χ0n) is 11.7. The number of hydrogen-bond acceptors (Lipinski definition) is 3. The van der Waals surface area contributed by atoms with Crippen molar-refractivity contribution < 1.29 is 9.90 Å². The number of nitrogens with zero attached hydrogens (tertiary/aromatic N) is 2. The number of hydrogen-bond donors (Lipinski definition) is 1. The summed E-state index contributed by atoms with van der Waals surface area (Å²) < 4.78 is 0. The average molecular weight is 262 g/mol. The first-order valence-corrected chi connectivity index (χ1v) is 7.04. The summed E-state index contributed by atoms with van der Waals surface area (Å²) in [7, 11) is 0. The van der Waals surface area contributed by atoms with Crippen LogP contribution in [0.3, 0.4) is 0 Å². The fraction of sp³-hybridized carbons (Fsp3) is 0.600. The third-order valence-corrected chi connectivity index (χ3v) is 3.63. The van der Waals surface area contributed by atoms with Crippen molar-refractivity contribution in [1.82, 2.24) is 4.98 Å². The molecular weight excluding hydrogens is 240 g/mol. The maximum absolute atomic E-state index is 11.3. The van der Waals surface area contributed by atoms with Crippen LogP contribution in [0.5, 0.6) is 0 Å². The highest BCUT2D eigenvalue weighted by Gasteiger charge is 2.26. The fourth-order valence-corrected chi connectivity index (χ4v) is 2.85. The highest BCUT2D eigenvalue weighted by atomic mass is 16.4. The molecule has 1 fully saturated rings. The van der Waals surface area contributed by atoms with Gasteiger partial charge in [0.25, 0.3) is 0 Å². The summed E-state index contributed by atoms with van der Waals surface area (Å²) in [6.45, 7) is 5.22. The number of carbonyl (C=O) groups is 1. The van der Waals surface area contributed by atoms with E-state index < -0.39 is 5.97 Å². The highest BCUT2D eigenvalue weighted by molar-refractivity contribution is 5.92. The number of aromatic carboxylic acids is 1. The van der Waals surface area contributed by atoms with Crippen LogP contribution in [0.2, 0.25) is 0 Å². The maximum atomic E-state index is 11.3. The van der Waals surface area contributed by atoms with Gasteiger partial charge in [0.15, 0.2) is 5.69 Å². The summed E-state index contributed by atoms with van der Waals surface area (Å²) in [5, 5.41) is 9.30. The van der Waals surface area contributed by atoms with Gasteiger partial charge in [-0.2, -0.15) is 0 Å². The van der Waals surface area contributed by atoms with Crippen LogP contribution in [0.1, 0.15) is 50.0 Å². The number of carboxylic acid groups (broad SMARTS) is 1. The van der Waals surface area contributed by atoms with Gasteiger partial charge in [-0.25, -0.2) is 9.78 Å². The molecule has 0 radical (unpaired) electrons. The molecule has 1 heterocycles. The third-order valence-electron chi connectivity index (χ3n) is 3.63. The first-order valence-electron chi connectivity index (χ1n) is 7.04. The van der Waals surface area contributed by atoms with Crippen LogP contribution in [-0.4, -0.2) is 28.6 Å². The normalized spacial score (nSPS) is 15.9. The third kappa shape index (κ3) is 3.25. The van der Waals surface area contributed by atoms with Crippen LogP contribution in [0.25, 0.3) is 0 Å². The number of aromatic nitrogens is 1. The van der Waals surface area contributed by atoms with Crippen molar-refractivity contribution in [2.45, 2.75) is 45.6 Å². The monoisotopic (exact) mass is 262 g/mol. The Balaban J connectivity index is 2.34. The summed E-state index contributed by atoms with van der Waals surface area (Å²) in [4.78, 5) is 17.6. The van der Waals surface area contributed by atoms with Crippen molar-refractivity contribution in [3.8, 4) is 0 Å². The topological polar surface area (TPSA) is 53.4 Å². The molecule has 0 saturated heterocycles. The maximum Gasteiger partial charge on any atom is 0.356 e. The van der Waals surface area contributed by atoms with E-state index in [1.807, 2.05) is 12.1 Å². The minimum atomic E-state index is -0.942. The molecule has 0 aliphatic heterocycles. The van der Waals surface area contributed by atoms with Gasteiger partial charge in [-0.1, -0.05) is 26.7 Å². The predicted octanol–water partition coefficient (Wildman–Crippen LogP) is 3.18. The Morgan fingerprint density at radius 1 is 1.47 bits per heavy atom. The molecule has 1 aromatic heterocycles. The predicted molar refractivity (Wildman–Crippen MR) is 75.6 cm³/mol. The number of rotatable bonds is 5. The summed E-state index contributed by atoms with van der Waals surface area (Å²) in [5.74, 6) is -0.440. The quantitative estimate of drug-likeness (QED) is 0.885. The van der Waals surface area contributed by atoms with Crippen molar-refractivity contribution in [3.63, 3.8) is 0 Å². The Morgan fingerprint density at radius 2 is 2.16 bits per heavy atom. The van der Waals surface area contributed by atoms with Gasteiger partial charge >= 0.3 is 5.97 Å². The second-order valence-corrected chi connectivity index (χ2v) is 5.66. The molecule has 1 saturated carbocycles. The van der Waals surface area contributed by atoms with E-state index in [1.54, 1.807) is 6.20 Å². The van der Waals surface area contributed by atoms with E-state index >= 15 is 0 Å². The van der Waals surface area contributed by atoms with E-state index in [4.69, 9.17) is 0 Å². The molecule has 0 spiro atoms. The van der Waals surface area contributed by atoms with Crippen molar-refractivity contribution in [2.75, 3.05) is 11.4 Å². The smallest absolute Gasteiger partial charge is 0.356 e. The van der Waals surface area contributed by atoms with Crippen LogP contribution < -0.4 is 4.90 Å². The summed E-state index contributed by atoms with van der Waals surface area (Å²) >= 11 is 0. The SMILES string of the molecule is CC(C)CN(c1cccnc1C(=O)O)C1CCCC1. The minimum Gasteiger partial charge on any atom is -0.476 e. The molecule has 2 rings (SSSR count). The van der Waals surface area contributed by atoms with E-state index in [0.717, 1.165) is 25.1 Å². The molecule has 1 aromatic rings. The van der Waals surface area contributed by atoms with Crippen LogP contribution >= 0.6 is 0 Å². The van der Waals surface area contributed by atoms with E-state index in [0.29, 0.717) is 12.0 Å². The van der Waals surface area contributed by atoms with Crippen molar-refractivity contribution in [2.24, 2.45) is 5.92 Å². The van der Waals surface area contributed by atoms with E-state index in [9.17, 15) is 9.90 Å². The summed E-state index contributed by atoms with van der Waals surface area (Å²) in [6.07, 6.45) is 6.33. The lowest BCUT2D eigenvalue weighted by molar-refractivity contribution is 0.0691. The molecule has 4 heteroatoms. The zero-order chi connectivity index (χ0) is 13.8. The molecular formula is C15H22N2O2. The second kappa shape index (κ2) is 6.04. The number of carboxylic acids is 1. The van der Waals surface area contributed by atoms with Crippen molar-refractivity contribution in [1.29, 1.82) is 0 Å². The molecule has 104 valence electrons. The summed E-state index contributed by atoms with van der Waals surface area (Å²) in [5.41, 5.74) is 0.950. The van der Waals surface area contributed by atoms with Gasteiger partial charge in [-0.15, -0.1) is 0 Å². The van der Waals surface area contributed by atoms with Crippen molar-refractivity contribution >= 4 is 11.7 Å². The van der Waals surface area contributed by atoms with E-state index in [1.165, 1.54) is 12.8 Å². The van der Waals surface area contributed by atoms with Gasteiger partial charge < -0.3 is 10.0 Å². The molecule has 0 amide bonds. The lowest BCUT2D eigenvalue weighted by atomic mass is 10.1. The van der Waals surface area contributed by atoms with E-state index in [-0.39, 0.29) is 5.69 Å². The van der Waals surface area contributed by atoms with Crippen LogP contribution in [0.15, 0.2) is 18.3 Å². The molecule has 0 unspecified atom stereocenters. The highest BCUT2D eigenvalue weighted by Crippen LogP contribution is 2.30. The molecule has 4 nitrogen and oxygen atoms in total. The first-order chi connectivity index (χ1) is 9.09. The second-order valence-electron chi connectivity index (χ2n) is 5.66. The zero-order valence-corrected chi connectivity index (χ0v) is 11.7. The molecule has 0 aromatic carbocycles. The average Bonchev–Trinajstić information content (AvgIpc) is 2.89. The Bertz CT molecular complexity index is 440. The fourth-order valence-electron chi connectivity index (χ4n) is 2.85. The minimum absolute atomic E-state index is 0.176. The first kappa shape index (κ1) is 13.8. The molecule has 1 aliphatic carbocycles. The molecule has 0 bridgehead atoms. The van der Waals surface area contributed by atoms with E-state index in [2.05, 4.69) is 23.7 Å². The largest absolute Gasteiger partial charge is 0.476 e. The van der Waals surface area contributed by atoms with Crippen LogP contribution in [0, 0.1) is 5.92 Å². The molecule has 0 atom stereocenters. The Kier molecular flexibility index (Phi) is 4.40. The van der Waals surface area contributed by atoms with Gasteiger partial charge in [0, 0.05) is 18.8 Å². The molecule has 1 aliphatic rings. The van der Waals surface area contributed by atoms with Gasteiger partial charge in [0.05, 0.1) is 5.69 Å². The Morgan fingerprint density at radius 3 is 2.74 bits per heavy atom. The standard InChI is InChI=1S/C15H22N2O2/c1-11(2)10-17(12-6-3-4-7-12)13-8-5-9-16-14(13)15(18)19/h5,8-9,11-12H,3-4,6-7,10H2,1-2H3,(H,18,19). The van der Waals surface area contributed by atoms with Gasteiger partial charge in [0.2, 0.25) is 0 Å². The molecule has 19 heavy (non-hydrogen) atoms. The Hall–Kier alpha value is -1.58. The number of anilines is 1. The van der Waals surface area contributed by atoms with Crippen LogP contribution in [-0.2, 0) is 0 Å².